The fraction of sp³-hybridized carbons (Fsp3) is 0.500. The molecule has 0 aliphatic carbocycles. The third-order valence-corrected chi connectivity index (χ3v) is 1.26. The van der Waals surface area contributed by atoms with Crippen molar-refractivity contribution in [1.29, 1.82) is 0 Å². The zero-order valence-electron chi connectivity index (χ0n) is 6.65. The molecule has 0 bridgehead atoms. The zero-order chi connectivity index (χ0) is 8.97. The third kappa shape index (κ3) is 1.77. The first-order valence-corrected chi connectivity index (χ1v) is 3.49. The van der Waals surface area contributed by atoms with E-state index in [1.165, 1.54) is 0 Å². The summed E-state index contributed by atoms with van der Waals surface area (Å²) in [5.41, 5.74) is 0. The van der Waals surface area contributed by atoms with Crippen LogP contribution in [0.2, 0.25) is 0 Å². The normalized spacial score (nSPS) is 12.5. The minimum Gasteiger partial charge on any atom is -0.465 e. The second-order valence-electron chi connectivity index (χ2n) is 2.09. The average Bonchev–Trinajstić information content (AvgIpc) is 2.55. The number of rotatable bonds is 3. The molecule has 65 valence electrons. The van der Waals surface area contributed by atoms with E-state index in [-0.39, 0.29) is 0 Å². The second kappa shape index (κ2) is 3.80. The molecule has 0 amide bonds. The van der Waals surface area contributed by atoms with Gasteiger partial charge < -0.3 is 4.74 Å². The summed E-state index contributed by atoms with van der Waals surface area (Å²) in [6, 6.07) is 0. The monoisotopic (exact) mass is 169 g/mol. The number of esters is 1. The Morgan fingerprint density at radius 2 is 2.58 bits per heavy atom. The van der Waals surface area contributed by atoms with E-state index >= 15 is 0 Å². The van der Waals surface area contributed by atoms with Gasteiger partial charge in [-0.1, -0.05) is 0 Å². The number of tetrazole rings is 1. The lowest BCUT2D eigenvalue weighted by atomic mass is 10.2. The van der Waals surface area contributed by atoms with Crippen molar-refractivity contribution in [2.75, 3.05) is 6.61 Å². The summed E-state index contributed by atoms with van der Waals surface area (Å²) < 4.78 is 4.71. The van der Waals surface area contributed by atoms with Crippen LogP contribution in [0.5, 0.6) is 0 Å². The largest absolute Gasteiger partial charge is 0.465 e. The summed E-state index contributed by atoms with van der Waals surface area (Å²) >= 11 is 0. The van der Waals surface area contributed by atoms with Crippen molar-refractivity contribution in [3.63, 3.8) is 0 Å². The van der Waals surface area contributed by atoms with E-state index in [4.69, 9.17) is 4.74 Å². The molecule has 6 nitrogen and oxygen atoms in total. The number of hydrogen-bond donors (Lipinski definition) is 1. The average molecular weight is 169 g/mol. The van der Waals surface area contributed by atoms with Crippen LogP contribution in [-0.4, -0.2) is 33.2 Å². The SMILES string of the molecule is [CH2]C(C(=O)OCC)c1nnn[nH]1. The van der Waals surface area contributed by atoms with Crippen molar-refractivity contribution in [2.24, 2.45) is 0 Å². The Hall–Kier alpha value is -1.46. The van der Waals surface area contributed by atoms with Gasteiger partial charge in [-0.2, -0.15) is 0 Å². The lowest BCUT2D eigenvalue weighted by Gasteiger charge is -2.05. The number of hydrogen-bond acceptors (Lipinski definition) is 5. The first-order valence-electron chi connectivity index (χ1n) is 3.49. The number of nitrogens with one attached hydrogen (secondary N) is 1. The number of nitrogens with zero attached hydrogens (tertiary/aromatic N) is 3. The number of H-pyrrole nitrogens is 1. The van der Waals surface area contributed by atoms with Gasteiger partial charge in [0.05, 0.1) is 6.61 Å². The molecule has 1 rings (SSSR count). The van der Waals surface area contributed by atoms with E-state index in [1.807, 2.05) is 0 Å². The van der Waals surface area contributed by atoms with Crippen LogP contribution in [0.25, 0.3) is 0 Å². The number of aromatic amines is 1. The molecule has 0 saturated heterocycles. The molecular formula is C6H9N4O2. The van der Waals surface area contributed by atoms with Gasteiger partial charge in [-0.25, -0.2) is 5.10 Å². The molecule has 6 heteroatoms. The van der Waals surface area contributed by atoms with Crippen LogP contribution in [0.1, 0.15) is 18.7 Å². The predicted molar refractivity (Wildman–Crippen MR) is 38.9 cm³/mol. The Balaban J connectivity index is 2.59. The second-order valence-corrected chi connectivity index (χ2v) is 2.09. The first-order chi connectivity index (χ1) is 5.75. The molecule has 0 saturated carbocycles. The van der Waals surface area contributed by atoms with Crippen LogP contribution in [0, 0.1) is 6.92 Å². The fourth-order valence-corrected chi connectivity index (χ4v) is 0.669. The smallest absolute Gasteiger partial charge is 0.316 e. The molecule has 0 aliphatic heterocycles. The summed E-state index contributed by atoms with van der Waals surface area (Å²) in [5.74, 6) is -0.801. The van der Waals surface area contributed by atoms with Gasteiger partial charge in [0.25, 0.3) is 0 Å². The van der Waals surface area contributed by atoms with Crippen molar-refractivity contribution in [3.8, 4) is 0 Å². The summed E-state index contributed by atoms with van der Waals surface area (Å²) in [6.07, 6.45) is 0. The van der Waals surface area contributed by atoms with Crippen molar-refractivity contribution in [1.82, 2.24) is 20.6 Å². The van der Waals surface area contributed by atoms with Crippen molar-refractivity contribution < 1.29 is 9.53 Å². The highest BCUT2D eigenvalue weighted by Gasteiger charge is 2.19. The lowest BCUT2D eigenvalue weighted by Crippen LogP contribution is -2.14. The van der Waals surface area contributed by atoms with Gasteiger partial charge in [0.15, 0.2) is 5.82 Å². The fourth-order valence-electron chi connectivity index (χ4n) is 0.669. The van der Waals surface area contributed by atoms with Crippen molar-refractivity contribution >= 4 is 5.97 Å². The van der Waals surface area contributed by atoms with E-state index in [1.54, 1.807) is 6.92 Å². The highest BCUT2D eigenvalue weighted by Crippen LogP contribution is 2.08. The van der Waals surface area contributed by atoms with E-state index in [2.05, 4.69) is 27.5 Å². The molecule has 1 N–H and O–H groups in total. The Bertz CT molecular complexity index is 246. The molecule has 0 aromatic carbocycles. The molecule has 12 heavy (non-hydrogen) atoms. The topological polar surface area (TPSA) is 80.8 Å². The minimum absolute atomic E-state index is 0.313. The molecule has 1 aromatic heterocycles. The lowest BCUT2D eigenvalue weighted by molar-refractivity contribution is -0.143. The highest BCUT2D eigenvalue weighted by atomic mass is 16.5. The zero-order valence-corrected chi connectivity index (χ0v) is 6.65. The van der Waals surface area contributed by atoms with E-state index in [0.29, 0.717) is 12.4 Å². The van der Waals surface area contributed by atoms with Gasteiger partial charge in [-0.15, -0.1) is 5.10 Å². The van der Waals surface area contributed by atoms with Crippen LogP contribution in [0.3, 0.4) is 0 Å². The maximum Gasteiger partial charge on any atom is 0.316 e. The summed E-state index contributed by atoms with van der Waals surface area (Å²) in [4.78, 5) is 11.0. The van der Waals surface area contributed by atoms with E-state index < -0.39 is 11.9 Å². The van der Waals surface area contributed by atoms with Crippen LogP contribution in [0.4, 0.5) is 0 Å². The molecule has 1 atom stereocenters. The van der Waals surface area contributed by atoms with Crippen LogP contribution < -0.4 is 0 Å². The number of ether oxygens (including phenoxy) is 1. The van der Waals surface area contributed by atoms with Crippen LogP contribution in [0.15, 0.2) is 0 Å². The van der Waals surface area contributed by atoms with Crippen molar-refractivity contribution in [3.05, 3.63) is 12.7 Å². The molecule has 0 spiro atoms. The standard InChI is InChI=1S/C6H9N4O2/c1-3-12-6(11)4(2)5-7-9-10-8-5/h4H,2-3H2,1H3,(H,7,8,9,10). The van der Waals surface area contributed by atoms with Gasteiger partial charge in [-0.05, 0) is 24.3 Å². The van der Waals surface area contributed by atoms with E-state index in [9.17, 15) is 4.79 Å². The number of carbonyl (C=O) groups excluding carboxylic acids is 1. The molecular weight excluding hydrogens is 160 g/mol. The van der Waals surface area contributed by atoms with Gasteiger partial charge in [-0.3, -0.25) is 4.79 Å². The number of carbonyl (C=O) groups is 1. The Kier molecular flexibility index (Phi) is 2.73. The number of aromatic nitrogens is 4. The summed E-state index contributed by atoms with van der Waals surface area (Å²) in [5, 5.41) is 12.6. The first kappa shape index (κ1) is 8.63. The minimum atomic E-state index is -0.681. The third-order valence-electron chi connectivity index (χ3n) is 1.26. The maximum atomic E-state index is 11.0. The van der Waals surface area contributed by atoms with Crippen LogP contribution >= 0.6 is 0 Å². The maximum absolute atomic E-state index is 11.0. The van der Waals surface area contributed by atoms with Gasteiger partial charge in [0, 0.05) is 0 Å². The molecule has 1 aromatic rings. The predicted octanol–water partition coefficient (Wildman–Crippen LogP) is -0.320. The van der Waals surface area contributed by atoms with Crippen molar-refractivity contribution in [2.45, 2.75) is 12.8 Å². The van der Waals surface area contributed by atoms with E-state index in [0.717, 1.165) is 0 Å². The molecule has 1 unspecified atom stereocenters. The van der Waals surface area contributed by atoms with Gasteiger partial charge in [0.1, 0.15) is 5.92 Å². The molecule has 0 fully saturated rings. The summed E-state index contributed by atoms with van der Waals surface area (Å²) in [6.45, 7) is 5.60. The van der Waals surface area contributed by atoms with Gasteiger partial charge >= 0.3 is 5.97 Å². The highest BCUT2D eigenvalue weighted by molar-refractivity contribution is 5.77. The van der Waals surface area contributed by atoms with Crippen LogP contribution in [-0.2, 0) is 9.53 Å². The Morgan fingerprint density at radius 3 is 3.08 bits per heavy atom. The Labute approximate surface area is 69.3 Å². The Morgan fingerprint density at radius 1 is 1.83 bits per heavy atom. The quantitative estimate of drug-likeness (QED) is 0.627. The molecule has 1 radical (unpaired) electrons. The molecule has 1 heterocycles. The van der Waals surface area contributed by atoms with Gasteiger partial charge in [0.2, 0.25) is 0 Å². The molecule has 0 aliphatic rings. The summed E-state index contributed by atoms with van der Waals surface area (Å²) in [7, 11) is 0.